The van der Waals surface area contributed by atoms with Crippen molar-refractivity contribution in [2.45, 2.75) is 63.3 Å². The number of carbonyl (C=O) groups is 3. The summed E-state index contributed by atoms with van der Waals surface area (Å²) in [5.74, 6) is -1.33. The number of alkyl carbamates (subject to hydrolysis) is 2. The highest BCUT2D eigenvalue weighted by molar-refractivity contribution is 5.81. The highest BCUT2D eigenvalue weighted by Gasteiger charge is 2.34. The molecular weight excluding hydrogens is 464 g/mol. The zero-order chi connectivity index (χ0) is 25.9. The second kappa shape index (κ2) is 10.6. The molecule has 0 heterocycles. The summed E-state index contributed by atoms with van der Waals surface area (Å²) in [6.45, 7) is 5.25. The van der Waals surface area contributed by atoms with Gasteiger partial charge in [-0.1, -0.05) is 48.5 Å². The summed E-state index contributed by atoms with van der Waals surface area (Å²) in [5, 5.41) is 14.7. The van der Waals surface area contributed by atoms with E-state index in [1.165, 1.54) is 0 Å². The average Bonchev–Trinajstić information content (AvgIpc) is 3.10. The van der Waals surface area contributed by atoms with E-state index in [0.717, 1.165) is 22.3 Å². The molecule has 0 bridgehead atoms. The maximum atomic E-state index is 12.4. The SMILES string of the molecule is CC(C)(C)OC(=O)N[C@H]1C[C@H](OC[C@@H](NC(=O)OCC2c3ccccc3-c3ccccc32)C(=O)O)C1. The lowest BCUT2D eigenvalue weighted by Gasteiger charge is -2.36. The Morgan fingerprint density at radius 3 is 2.11 bits per heavy atom. The molecule has 2 aliphatic carbocycles. The van der Waals surface area contributed by atoms with Crippen LogP contribution >= 0.6 is 0 Å². The Morgan fingerprint density at radius 1 is 0.972 bits per heavy atom. The molecule has 4 rings (SSSR count). The van der Waals surface area contributed by atoms with Crippen molar-refractivity contribution in [3.8, 4) is 11.1 Å². The summed E-state index contributed by atoms with van der Waals surface area (Å²) in [6.07, 6.45) is -0.444. The van der Waals surface area contributed by atoms with Gasteiger partial charge in [0.05, 0.1) is 12.7 Å². The molecule has 0 spiro atoms. The number of carbonyl (C=O) groups excluding carboxylic acids is 2. The second-order valence-electron chi connectivity index (χ2n) is 10.1. The van der Waals surface area contributed by atoms with E-state index in [1.807, 2.05) is 48.5 Å². The van der Waals surface area contributed by atoms with Crippen LogP contribution in [0.15, 0.2) is 48.5 Å². The van der Waals surface area contributed by atoms with Gasteiger partial charge in [0.25, 0.3) is 0 Å². The van der Waals surface area contributed by atoms with Crippen LogP contribution in [0, 0.1) is 0 Å². The third kappa shape index (κ3) is 6.15. The molecule has 192 valence electrons. The Hall–Kier alpha value is -3.59. The molecule has 2 amide bonds. The molecule has 0 aliphatic heterocycles. The summed E-state index contributed by atoms with van der Waals surface area (Å²) in [6, 6.07) is 14.6. The van der Waals surface area contributed by atoms with Crippen LogP contribution in [0.1, 0.15) is 50.7 Å². The third-order valence-corrected chi connectivity index (χ3v) is 6.25. The van der Waals surface area contributed by atoms with Gasteiger partial charge in [-0.05, 0) is 55.9 Å². The van der Waals surface area contributed by atoms with E-state index in [-0.39, 0.29) is 31.3 Å². The molecule has 0 unspecified atom stereocenters. The summed E-state index contributed by atoms with van der Waals surface area (Å²) in [7, 11) is 0. The van der Waals surface area contributed by atoms with Crippen LogP contribution in [-0.4, -0.2) is 60.3 Å². The predicted molar refractivity (Wildman–Crippen MR) is 132 cm³/mol. The number of ether oxygens (including phenoxy) is 3. The first kappa shape index (κ1) is 25.5. The number of aliphatic carboxylic acids is 1. The summed E-state index contributed by atoms with van der Waals surface area (Å²) in [5.41, 5.74) is 3.79. The summed E-state index contributed by atoms with van der Waals surface area (Å²) >= 11 is 0. The van der Waals surface area contributed by atoms with Gasteiger partial charge < -0.3 is 30.0 Å². The number of carboxylic acid groups (broad SMARTS) is 1. The smallest absolute Gasteiger partial charge is 0.407 e. The van der Waals surface area contributed by atoms with E-state index < -0.39 is 29.8 Å². The number of amides is 2. The van der Waals surface area contributed by atoms with Crippen LogP contribution in [-0.2, 0) is 19.0 Å². The minimum atomic E-state index is -1.25. The lowest BCUT2D eigenvalue weighted by atomic mass is 9.89. The van der Waals surface area contributed by atoms with Crippen molar-refractivity contribution < 1.29 is 33.7 Å². The first-order chi connectivity index (χ1) is 17.1. The van der Waals surface area contributed by atoms with Gasteiger partial charge in [-0.2, -0.15) is 0 Å². The summed E-state index contributed by atoms with van der Waals surface area (Å²) in [4.78, 5) is 35.9. The maximum absolute atomic E-state index is 12.4. The van der Waals surface area contributed by atoms with Gasteiger partial charge in [0.15, 0.2) is 6.04 Å². The Labute approximate surface area is 210 Å². The van der Waals surface area contributed by atoms with Gasteiger partial charge in [0.2, 0.25) is 0 Å². The number of hydrogen-bond donors (Lipinski definition) is 3. The number of rotatable bonds is 8. The van der Waals surface area contributed by atoms with Crippen LogP contribution in [0.5, 0.6) is 0 Å². The number of carboxylic acids is 1. The molecule has 1 atom stereocenters. The zero-order valence-corrected chi connectivity index (χ0v) is 20.7. The predicted octanol–water partition coefficient (Wildman–Crippen LogP) is 4.05. The largest absolute Gasteiger partial charge is 0.480 e. The Balaban J connectivity index is 1.23. The van der Waals surface area contributed by atoms with Crippen LogP contribution < -0.4 is 10.6 Å². The van der Waals surface area contributed by atoms with Crippen molar-refractivity contribution in [2.75, 3.05) is 13.2 Å². The van der Waals surface area contributed by atoms with Gasteiger partial charge in [0, 0.05) is 12.0 Å². The van der Waals surface area contributed by atoms with Gasteiger partial charge in [-0.3, -0.25) is 0 Å². The lowest BCUT2D eigenvalue weighted by Crippen LogP contribution is -2.51. The number of benzene rings is 2. The first-order valence-electron chi connectivity index (χ1n) is 12.1. The average molecular weight is 497 g/mol. The van der Waals surface area contributed by atoms with Crippen LogP contribution in [0.25, 0.3) is 11.1 Å². The van der Waals surface area contributed by atoms with E-state index in [0.29, 0.717) is 12.8 Å². The molecule has 1 saturated carbocycles. The molecule has 2 aliphatic rings. The van der Waals surface area contributed by atoms with E-state index in [4.69, 9.17) is 14.2 Å². The van der Waals surface area contributed by atoms with Gasteiger partial charge in [-0.15, -0.1) is 0 Å². The van der Waals surface area contributed by atoms with Crippen molar-refractivity contribution in [2.24, 2.45) is 0 Å². The number of fused-ring (bicyclic) bond motifs is 3. The van der Waals surface area contributed by atoms with E-state index in [2.05, 4.69) is 10.6 Å². The quantitative estimate of drug-likeness (QED) is 0.504. The molecule has 0 aromatic heterocycles. The van der Waals surface area contributed by atoms with Crippen molar-refractivity contribution in [1.82, 2.24) is 10.6 Å². The fourth-order valence-electron chi connectivity index (χ4n) is 4.48. The van der Waals surface area contributed by atoms with E-state index in [1.54, 1.807) is 20.8 Å². The molecule has 2 aromatic carbocycles. The second-order valence-corrected chi connectivity index (χ2v) is 10.1. The van der Waals surface area contributed by atoms with Crippen molar-refractivity contribution in [3.63, 3.8) is 0 Å². The van der Waals surface area contributed by atoms with Crippen molar-refractivity contribution in [1.29, 1.82) is 0 Å². The molecule has 2 aromatic rings. The topological polar surface area (TPSA) is 123 Å². The summed E-state index contributed by atoms with van der Waals surface area (Å²) < 4.78 is 16.3. The van der Waals surface area contributed by atoms with Crippen LogP contribution in [0.3, 0.4) is 0 Å². The Bertz CT molecular complexity index is 1080. The number of hydrogen-bond acceptors (Lipinski definition) is 6. The number of nitrogens with one attached hydrogen (secondary N) is 2. The fourth-order valence-corrected chi connectivity index (χ4v) is 4.48. The molecule has 9 nitrogen and oxygen atoms in total. The van der Waals surface area contributed by atoms with Gasteiger partial charge in [0.1, 0.15) is 12.2 Å². The molecule has 36 heavy (non-hydrogen) atoms. The molecule has 9 heteroatoms. The van der Waals surface area contributed by atoms with Crippen molar-refractivity contribution >= 4 is 18.2 Å². The Morgan fingerprint density at radius 2 is 1.56 bits per heavy atom. The highest BCUT2D eigenvalue weighted by atomic mass is 16.6. The Kier molecular flexibility index (Phi) is 7.49. The molecule has 3 N–H and O–H groups in total. The van der Waals surface area contributed by atoms with E-state index in [9.17, 15) is 19.5 Å². The zero-order valence-electron chi connectivity index (χ0n) is 20.7. The van der Waals surface area contributed by atoms with Crippen LogP contribution in [0.4, 0.5) is 9.59 Å². The first-order valence-corrected chi connectivity index (χ1v) is 12.1. The van der Waals surface area contributed by atoms with E-state index >= 15 is 0 Å². The van der Waals surface area contributed by atoms with Gasteiger partial charge in [-0.25, -0.2) is 14.4 Å². The lowest BCUT2D eigenvalue weighted by molar-refractivity contribution is -0.142. The van der Waals surface area contributed by atoms with Gasteiger partial charge >= 0.3 is 18.2 Å². The highest BCUT2D eigenvalue weighted by Crippen LogP contribution is 2.44. The third-order valence-electron chi connectivity index (χ3n) is 6.25. The van der Waals surface area contributed by atoms with Crippen molar-refractivity contribution in [3.05, 3.63) is 59.7 Å². The minimum Gasteiger partial charge on any atom is -0.480 e. The minimum absolute atomic E-state index is 0.0910. The fraction of sp³-hybridized carbons (Fsp3) is 0.444. The van der Waals surface area contributed by atoms with Crippen LogP contribution in [0.2, 0.25) is 0 Å². The standard InChI is InChI=1S/C27H32N2O7/c1-27(2,3)36-26(33)28-16-12-17(13-16)34-15-23(24(30)31)29-25(32)35-14-22-20-10-6-4-8-18(20)19-9-5-7-11-21(19)22/h4-11,16-17,22-23H,12-15H2,1-3H3,(H,28,33)(H,29,32)(H,30,31)/t16-,17-,23-/m1/s1. The molecule has 1 fully saturated rings. The molecular formula is C27H32N2O7. The maximum Gasteiger partial charge on any atom is 0.407 e. The normalized spacial score (nSPS) is 19.3. The monoisotopic (exact) mass is 496 g/mol. The molecule has 0 saturated heterocycles. The molecule has 0 radical (unpaired) electrons.